The van der Waals surface area contributed by atoms with Crippen LogP contribution in [0.3, 0.4) is 0 Å². The van der Waals surface area contributed by atoms with Crippen molar-refractivity contribution in [2.24, 2.45) is 0 Å². The highest BCUT2D eigenvalue weighted by Gasteiger charge is 2.36. The van der Waals surface area contributed by atoms with E-state index in [4.69, 9.17) is 9.47 Å². The van der Waals surface area contributed by atoms with Gasteiger partial charge in [-0.2, -0.15) is 0 Å². The molecule has 0 spiro atoms. The van der Waals surface area contributed by atoms with Gasteiger partial charge < -0.3 is 24.8 Å². The Kier molecular flexibility index (Phi) is 9.63. The van der Waals surface area contributed by atoms with Crippen LogP contribution in [0.4, 0.5) is 0 Å². The van der Waals surface area contributed by atoms with Gasteiger partial charge in [-0.15, -0.1) is 0 Å². The van der Waals surface area contributed by atoms with Crippen LogP contribution in [-0.4, -0.2) is 52.5 Å². The van der Waals surface area contributed by atoms with Gasteiger partial charge in [0.25, 0.3) is 0 Å². The molecule has 0 aromatic heterocycles. The van der Waals surface area contributed by atoms with E-state index in [0.717, 1.165) is 19.3 Å². The molecule has 0 saturated carbocycles. The summed E-state index contributed by atoms with van der Waals surface area (Å²) in [5, 5.41) is 28.6. The number of rotatable bonds is 10. The lowest BCUT2D eigenvalue weighted by atomic mass is 10.0. The molecule has 3 N–H and O–H groups in total. The van der Waals surface area contributed by atoms with E-state index in [2.05, 4.69) is 6.92 Å². The average Bonchev–Trinajstić information content (AvgIpc) is 2.48. The summed E-state index contributed by atoms with van der Waals surface area (Å²) >= 11 is 0. The van der Waals surface area contributed by atoms with E-state index >= 15 is 0 Å². The van der Waals surface area contributed by atoms with E-state index in [1.54, 1.807) is 0 Å². The lowest BCUT2D eigenvalue weighted by molar-refractivity contribution is -0.242. The SMILES string of the molecule is CCCCCCCCCC(=O)OC[C@H]1OC(O)C[C@H](O)[C@@H]1O. The van der Waals surface area contributed by atoms with Gasteiger partial charge >= 0.3 is 5.97 Å². The number of carbonyl (C=O) groups is 1. The Morgan fingerprint density at radius 1 is 1.09 bits per heavy atom. The number of hydrogen-bond donors (Lipinski definition) is 3. The Balaban J connectivity index is 2.07. The standard InChI is InChI=1S/C16H30O6/c1-2-3-4-5-6-7-8-9-14(18)21-11-13-16(20)12(17)10-15(19)22-13/h12-13,15-17,19-20H,2-11H2,1H3/t12-,13+,15?,16-/m0/s1. The van der Waals surface area contributed by atoms with Gasteiger partial charge in [-0.1, -0.05) is 45.4 Å². The van der Waals surface area contributed by atoms with Crippen LogP contribution >= 0.6 is 0 Å². The summed E-state index contributed by atoms with van der Waals surface area (Å²) in [7, 11) is 0. The Bertz CT molecular complexity index is 309. The number of carbonyl (C=O) groups excluding carboxylic acids is 1. The van der Waals surface area contributed by atoms with E-state index in [0.29, 0.717) is 6.42 Å². The first-order valence-electron chi connectivity index (χ1n) is 8.39. The van der Waals surface area contributed by atoms with Crippen LogP contribution in [0.25, 0.3) is 0 Å². The molecule has 6 nitrogen and oxygen atoms in total. The maximum Gasteiger partial charge on any atom is 0.305 e. The quantitative estimate of drug-likeness (QED) is 0.417. The van der Waals surface area contributed by atoms with Crippen LogP contribution in [0.15, 0.2) is 0 Å². The summed E-state index contributed by atoms with van der Waals surface area (Å²) in [6.07, 6.45) is 3.99. The number of aliphatic hydroxyl groups excluding tert-OH is 3. The highest BCUT2D eigenvalue weighted by molar-refractivity contribution is 5.69. The van der Waals surface area contributed by atoms with Gasteiger partial charge in [-0.3, -0.25) is 4.79 Å². The van der Waals surface area contributed by atoms with Gasteiger partial charge in [-0.05, 0) is 6.42 Å². The lowest BCUT2D eigenvalue weighted by Crippen LogP contribution is -2.50. The predicted molar refractivity (Wildman–Crippen MR) is 81.1 cm³/mol. The predicted octanol–water partition coefficient (Wildman–Crippen LogP) is 1.50. The third kappa shape index (κ3) is 7.54. The summed E-state index contributed by atoms with van der Waals surface area (Å²) in [5.41, 5.74) is 0. The van der Waals surface area contributed by atoms with Crippen molar-refractivity contribution >= 4 is 5.97 Å². The largest absolute Gasteiger partial charge is 0.463 e. The van der Waals surface area contributed by atoms with Crippen LogP contribution in [0.1, 0.15) is 64.7 Å². The first-order valence-corrected chi connectivity index (χ1v) is 8.39. The topological polar surface area (TPSA) is 96.2 Å². The van der Waals surface area contributed by atoms with Gasteiger partial charge in [0, 0.05) is 12.8 Å². The summed E-state index contributed by atoms with van der Waals surface area (Å²) in [6.45, 7) is 2.03. The van der Waals surface area contributed by atoms with Crippen LogP contribution in [-0.2, 0) is 14.3 Å². The van der Waals surface area contributed by atoms with Crippen molar-refractivity contribution in [1.29, 1.82) is 0 Å². The third-order valence-electron chi connectivity index (χ3n) is 3.94. The number of hydrogen-bond acceptors (Lipinski definition) is 6. The zero-order valence-electron chi connectivity index (χ0n) is 13.4. The van der Waals surface area contributed by atoms with Crippen molar-refractivity contribution < 1.29 is 29.6 Å². The second kappa shape index (κ2) is 10.9. The lowest BCUT2D eigenvalue weighted by Gasteiger charge is -2.34. The average molecular weight is 318 g/mol. The summed E-state index contributed by atoms with van der Waals surface area (Å²) in [4.78, 5) is 11.6. The molecule has 6 heteroatoms. The highest BCUT2D eigenvalue weighted by atomic mass is 16.6. The molecule has 1 rings (SSSR count). The second-order valence-corrected chi connectivity index (χ2v) is 5.98. The molecule has 22 heavy (non-hydrogen) atoms. The van der Waals surface area contributed by atoms with Crippen molar-refractivity contribution in [1.82, 2.24) is 0 Å². The minimum absolute atomic E-state index is 0.0381. The van der Waals surface area contributed by atoms with Gasteiger partial charge in [0.15, 0.2) is 6.29 Å². The van der Waals surface area contributed by atoms with Crippen LogP contribution in [0.5, 0.6) is 0 Å². The molecular formula is C16H30O6. The molecule has 1 aliphatic rings. The molecule has 1 heterocycles. The fraction of sp³-hybridized carbons (Fsp3) is 0.938. The van der Waals surface area contributed by atoms with E-state index < -0.39 is 24.6 Å². The zero-order chi connectivity index (χ0) is 16.4. The first kappa shape index (κ1) is 19.4. The Morgan fingerprint density at radius 3 is 2.41 bits per heavy atom. The molecule has 1 fully saturated rings. The maximum absolute atomic E-state index is 11.6. The van der Waals surface area contributed by atoms with Crippen molar-refractivity contribution in [2.75, 3.05) is 6.61 Å². The van der Waals surface area contributed by atoms with E-state index in [-0.39, 0.29) is 19.0 Å². The van der Waals surface area contributed by atoms with Crippen molar-refractivity contribution in [2.45, 2.75) is 89.3 Å². The van der Waals surface area contributed by atoms with E-state index in [1.165, 1.54) is 25.7 Å². The smallest absolute Gasteiger partial charge is 0.305 e. The summed E-state index contributed by atoms with van der Waals surface area (Å²) in [5.74, 6) is -0.334. The minimum atomic E-state index is -1.14. The highest BCUT2D eigenvalue weighted by Crippen LogP contribution is 2.19. The van der Waals surface area contributed by atoms with Crippen molar-refractivity contribution in [3.63, 3.8) is 0 Å². The van der Waals surface area contributed by atoms with Gasteiger partial charge in [0.1, 0.15) is 18.8 Å². The van der Waals surface area contributed by atoms with Crippen molar-refractivity contribution in [3.8, 4) is 0 Å². The Labute approximate surface area is 132 Å². The van der Waals surface area contributed by atoms with Crippen LogP contribution < -0.4 is 0 Å². The fourth-order valence-corrected chi connectivity index (χ4v) is 2.54. The number of esters is 1. The molecule has 0 bridgehead atoms. The van der Waals surface area contributed by atoms with Gasteiger partial charge in [-0.25, -0.2) is 0 Å². The molecule has 0 aliphatic carbocycles. The molecule has 1 aliphatic heterocycles. The van der Waals surface area contributed by atoms with E-state index in [1.807, 2.05) is 0 Å². The first-order chi connectivity index (χ1) is 10.5. The Morgan fingerprint density at radius 2 is 1.73 bits per heavy atom. The minimum Gasteiger partial charge on any atom is -0.463 e. The van der Waals surface area contributed by atoms with E-state index in [9.17, 15) is 20.1 Å². The molecule has 0 amide bonds. The molecule has 1 saturated heterocycles. The van der Waals surface area contributed by atoms with Gasteiger partial charge in [0.2, 0.25) is 0 Å². The molecule has 4 atom stereocenters. The zero-order valence-corrected chi connectivity index (χ0v) is 13.4. The molecule has 0 radical (unpaired) electrons. The molecule has 0 aromatic rings. The summed E-state index contributed by atoms with van der Waals surface area (Å²) in [6, 6.07) is 0. The molecule has 1 unspecified atom stereocenters. The third-order valence-corrected chi connectivity index (χ3v) is 3.94. The van der Waals surface area contributed by atoms with Gasteiger partial charge in [0.05, 0.1) is 6.10 Å². The van der Waals surface area contributed by atoms with Crippen molar-refractivity contribution in [3.05, 3.63) is 0 Å². The molecule has 0 aromatic carbocycles. The summed E-state index contributed by atoms with van der Waals surface area (Å²) < 4.78 is 10.1. The Hall–Kier alpha value is -0.690. The normalized spacial score (nSPS) is 28.5. The monoisotopic (exact) mass is 318 g/mol. The number of aliphatic hydroxyl groups is 3. The molecular weight excluding hydrogens is 288 g/mol. The van der Waals surface area contributed by atoms with Crippen LogP contribution in [0, 0.1) is 0 Å². The fourth-order valence-electron chi connectivity index (χ4n) is 2.54. The number of unbranched alkanes of at least 4 members (excludes halogenated alkanes) is 6. The van der Waals surface area contributed by atoms with Crippen LogP contribution in [0.2, 0.25) is 0 Å². The second-order valence-electron chi connectivity index (χ2n) is 5.98. The molecule has 130 valence electrons. The number of ether oxygens (including phenoxy) is 2. The maximum atomic E-state index is 11.6.